The Bertz CT molecular complexity index is 342. The van der Waals surface area contributed by atoms with Crippen molar-refractivity contribution >= 4 is 15.9 Å². The molecule has 2 unspecified atom stereocenters. The fraction of sp³-hybridized carbons (Fsp3) is 0.647. The summed E-state index contributed by atoms with van der Waals surface area (Å²) in [7, 11) is 0. The van der Waals surface area contributed by atoms with Gasteiger partial charge in [-0.25, -0.2) is 0 Å². The lowest BCUT2D eigenvalue weighted by molar-refractivity contribution is 0.0767. The van der Waals surface area contributed by atoms with E-state index >= 15 is 0 Å². The first-order chi connectivity index (χ1) is 8.93. The number of hydrogen-bond acceptors (Lipinski definition) is 1. The van der Waals surface area contributed by atoms with Crippen molar-refractivity contribution in [2.45, 2.75) is 40.7 Å². The molecule has 0 aliphatic carbocycles. The fourth-order valence-electron chi connectivity index (χ4n) is 2.15. The molecule has 108 valence electrons. The summed E-state index contributed by atoms with van der Waals surface area (Å²) in [6.45, 7) is 10.8. The average Bonchev–Trinajstić information content (AvgIpc) is 2.36. The van der Waals surface area contributed by atoms with Crippen LogP contribution in [-0.2, 0) is 11.3 Å². The quantitative estimate of drug-likeness (QED) is 0.619. The van der Waals surface area contributed by atoms with E-state index in [2.05, 4.69) is 67.9 Å². The molecule has 19 heavy (non-hydrogen) atoms. The first-order valence-electron chi connectivity index (χ1n) is 7.11. The number of alkyl halides is 1. The van der Waals surface area contributed by atoms with Crippen LogP contribution in [0.2, 0.25) is 0 Å². The van der Waals surface area contributed by atoms with Crippen LogP contribution in [0.15, 0.2) is 30.3 Å². The van der Waals surface area contributed by atoms with E-state index in [0.29, 0.717) is 17.3 Å². The van der Waals surface area contributed by atoms with E-state index < -0.39 is 0 Å². The van der Waals surface area contributed by atoms with Gasteiger partial charge in [0.25, 0.3) is 0 Å². The van der Waals surface area contributed by atoms with Crippen LogP contribution in [0.4, 0.5) is 0 Å². The number of hydrogen-bond donors (Lipinski definition) is 0. The van der Waals surface area contributed by atoms with Crippen molar-refractivity contribution in [1.82, 2.24) is 0 Å². The minimum absolute atomic E-state index is 0.358. The second-order valence-corrected chi connectivity index (χ2v) is 7.21. The van der Waals surface area contributed by atoms with Crippen LogP contribution in [0.5, 0.6) is 0 Å². The van der Waals surface area contributed by atoms with Crippen molar-refractivity contribution in [3.05, 3.63) is 35.9 Å². The SMILES string of the molecule is CC(COCc1ccccc1)CC(CBr)C(C)(C)C. The monoisotopic (exact) mass is 326 g/mol. The summed E-state index contributed by atoms with van der Waals surface area (Å²) in [5.41, 5.74) is 1.61. The Morgan fingerprint density at radius 3 is 2.32 bits per heavy atom. The van der Waals surface area contributed by atoms with Crippen LogP contribution < -0.4 is 0 Å². The van der Waals surface area contributed by atoms with E-state index in [4.69, 9.17) is 4.74 Å². The van der Waals surface area contributed by atoms with Gasteiger partial charge in [0.05, 0.1) is 6.61 Å². The molecular weight excluding hydrogens is 300 g/mol. The lowest BCUT2D eigenvalue weighted by Crippen LogP contribution is -2.25. The summed E-state index contributed by atoms with van der Waals surface area (Å²) in [5.74, 6) is 1.30. The molecule has 0 heterocycles. The van der Waals surface area contributed by atoms with Gasteiger partial charge >= 0.3 is 0 Å². The molecule has 0 bridgehead atoms. The summed E-state index contributed by atoms with van der Waals surface area (Å²) < 4.78 is 5.82. The lowest BCUT2D eigenvalue weighted by atomic mass is 9.77. The maximum absolute atomic E-state index is 5.82. The maximum Gasteiger partial charge on any atom is 0.0717 e. The van der Waals surface area contributed by atoms with Crippen LogP contribution in [-0.4, -0.2) is 11.9 Å². The van der Waals surface area contributed by atoms with E-state index in [1.54, 1.807) is 0 Å². The second kappa shape index (κ2) is 8.06. The molecule has 0 spiro atoms. The highest BCUT2D eigenvalue weighted by molar-refractivity contribution is 9.09. The van der Waals surface area contributed by atoms with Gasteiger partial charge in [-0.15, -0.1) is 0 Å². The van der Waals surface area contributed by atoms with Crippen LogP contribution >= 0.6 is 15.9 Å². The Morgan fingerprint density at radius 1 is 1.16 bits per heavy atom. The molecular formula is C17H27BrO. The Kier molecular flexibility index (Phi) is 7.09. The summed E-state index contributed by atoms with van der Waals surface area (Å²) >= 11 is 3.64. The van der Waals surface area contributed by atoms with Crippen LogP contribution in [0.1, 0.15) is 39.7 Å². The largest absolute Gasteiger partial charge is 0.376 e. The summed E-state index contributed by atoms with van der Waals surface area (Å²) in [4.78, 5) is 0. The molecule has 0 aliphatic rings. The van der Waals surface area contributed by atoms with Gasteiger partial charge in [-0.2, -0.15) is 0 Å². The molecule has 1 rings (SSSR count). The Morgan fingerprint density at radius 2 is 1.79 bits per heavy atom. The normalized spacial score (nSPS) is 15.2. The zero-order valence-corrected chi connectivity index (χ0v) is 14.2. The molecule has 1 aromatic carbocycles. The minimum Gasteiger partial charge on any atom is -0.376 e. The third-order valence-corrected chi connectivity index (χ3v) is 4.39. The molecule has 0 saturated carbocycles. The minimum atomic E-state index is 0.358. The Hall–Kier alpha value is -0.340. The predicted octanol–water partition coefficient (Wildman–Crippen LogP) is 5.29. The van der Waals surface area contributed by atoms with Gasteiger partial charge in [-0.05, 0) is 29.2 Å². The molecule has 2 atom stereocenters. The smallest absolute Gasteiger partial charge is 0.0717 e. The highest BCUT2D eigenvalue weighted by atomic mass is 79.9. The lowest BCUT2D eigenvalue weighted by Gasteiger charge is -2.31. The molecule has 1 aromatic rings. The van der Waals surface area contributed by atoms with E-state index in [1.165, 1.54) is 12.0 Å². The molecule has 0 amide bonds. The third-order valence-electron chi connectivity index (χ3n) is 3.61. The standard InChI is InChI=1S/C17H27BrO/c1-14(10-16(11-18)17(2,3)4)12-19-13-15-8-6-5-7-9-15/h5-9,14,16H,10-13H2,1-4H3. The van der Waals surface area contributed by atoms with Crippen molar-refractivity contribution in [1.29, 1.82) is 0 Å². The number of ether oxygens (including phenoxy) is 1. The Balaban J connectivity index is 2.29. The maximum atomic E-state index is 5.82. The van der Waals surface area contributed by atoms with Gasteiger partial charge < -0.3 is 4.74 Å². The molecule has 0 aromatic heterocycles. The van der Waals surface area contributed by atoms with Crippen molar-refractivity contribution in [2.24, 2.45) is 17.3 Å². The number of halogens is 1. The average molecular weight is 327 g/mol. The molecule has 0 fully saturated rings. The van der Waals surface area contributed by atoms with E-state index in [9.17, 15) is 0 Å². The molecule has 0 radical (unpaired) electrons. The van der Waals surface area contributed by atoms with Gasteiger partial charge in [-0.3, -0.25) is 0 Å². The van der Waals surface area contributed by atoms with Crippen molar-refractivity contribution in [2.75, 3.05) is 11.9 Å². The van der Waals surface area contributed by atoms with E-state index in [-0.39, 0.29) is 0 Å². The molecule has 0 aliphatic heterocycles. The second-order valence-electron chi connectivity index (χ2n) is 6.56. The molecule has 2 heteroatoms. The number of rotatable bonds is 7. The van der Waals surface area contributed by atoms with Gasteiger partial charge in [0.15, 0.2) is 0 Å². The third kappa shape index (κ3) is 6.58. The highest BCUT2D eigenvalue weighted by Gasteiger charge is 2.25. The summed E-state index contributed by atoms with van der Waals surface area (Å²) in [6.07, 6.45) is 1.21. The summed E-state index contributed by atoms with van der Waals surface area (Å²) in [6, 6.07) is 10.4. The molecule has 0 saturated heterocycles. The zero-order chi connectivity index (χ0) is 14.3. The molecule has 0 N–H and O–H groups in total. The van der Waals surface area contributed by atoms with Crippen LogP contribution in [0.3, 0.4) is 0 Å². The van der Waals surface area contributed by atoms with Crippen molar-refractivity contribution in [3.63, 3.8) is 0 Å². The fourth-order valence-corrected chi connectivity index (χ4v) is 3.39. The van der Waals surface area contributed by atoms with Gasteiger partial charge in [-0.1, -0.05) is 74.0 Å². The van der Waals surface area contributed by atoms with Crippen LogP contribution in [0.25, 0.3) is 0 Å². The number of benzene rings is 1. The first kappa shape index (κ1) is 16.7. The van der Waals surface area contributed by atoms with E-state index in [0.717, 1.165) is 18.5 Å². The van der Waals surface area contributed by atoms with Gasteiger partial charge in [0, 0.05) is 11.9 Å². The molecule has 1 nitrogen and oxygen atoms in total. The topological polar surface area (TPSA) is 9.23 Å². The zero-order valence-electron chi connectivity index (χ0n) is 12.7. The summed E-state index contributed by atoms with van der Waals surface area (Å²) in [5, 5.41) is 1.07. The van der Waals surface area contributed by atoms with Gasteiger partial charge in [0.1, 0.15) is 0 Å². The van der Waals surface area contributed by atoms with Crippen LogP contribution in [0, 0.1) is 17.3 Å². The first-order valence-corrected chi connectivity index (χ1v) is 8.23. The van der Waals surface area contributed by atoms with Crippen molar-refractivity contribution in [3.8, 4) is 0 Å². The highest BCUT2D eigenvalue weighted by Crippen LogP contribution is 2.32. The van der Waals surface area contributed by atoms with Gasteiger partial charge in [0.2, 0.25) is 0 Å². The van der Waals surface area contributed by atoms with E-state index in [1.807, 2.05) is 6.07 Å². The predicted molar refractivity (Wildman–Crippen MR) is 86.6 cm³/mol. The van der Waals surface area contributed by atoms with Crippen molar-refractivity contribution < 1.29 is 4.74 Å². The Labute approximate surface area is 126 Å².